The summed E-state index contributed by atoms with van der Waals surface area (Å²) in [5.74, 6) is 1.84. The first-order valence-corrected chi connectivity index (χ1v) is 9.32. The molecular formula is C18H17N5O4S. The van der Waals surface area contributed by atoms with Gasteiger partial charge in [-0.15, -0.1) is 5.10 Å². The van der Waals surface area contributed by atoms with E-state index < -0.39 is 5.25 Å². The van der Waals surface area contributed by atoms with Crippen LogP contribution in [0.3, 0.4) is 0 Å². The third-order valence-corrected chi connectivity index (χ3v) is 5.08. The Morgan fingerprint density at radius 3 is 2.79 bits per heavy atom. The van der Waals surface area contributed by atoms with E-state index in [9.17, 15) is 4.79 Å². The summed E-state index contributed by atoms with van der Waals surface area (Å²) >= 11 is 1.26. The molecule has 3 aromatic rings. The number of benzene rings is 2. The Labute approximate surface area is 165 Å². The number of hydrogen-bond donors (Lipinski definition) is 1. The summed E-state index contributed by atoms with van der Waals surface area (Å²) in [7, 11) is 1.60. The van der Waals surface area contributed by atoms with Gasteiger partial charge in [0, 0.05) is 11.8 Å². The summed E-state index contributed by atoms with van der Waals surface area (Å²) in [6.07, 6.45) is 0. The van der Waals surface area contributed by atoms with E-state index in [4.69, 9.17) is 14.2 Å². The predicted molar refractivity (Wildman–Crippen MR) is 102 cm³/mol. The minimum atomic E-state index is -0.423. The standard InChI is InChI=1S/C18H17N5O4S/c1-11(17(24)19-12-3-8-15-16(9-12)27-10-26-15)28-18-20-21-22-23(18)13-4-6-14(25-2)7-5-13/h3-9,11H,10H2,1-2H3,(H,19,24). The fraction of sp³-hybridized carbons (Fsp3) is 0.222. The van der Waals surface area contributed by atoms with E-state index in [0.29, 0.717) is 22.3 Å². The Hall–Kier alpha value is -3.27. The number of methoxy groups -OCH3 is 1. The molecule has 9 nitrogen and oxygen atoms in total. The first-order valence-electron chi connectivity index (χ1n) is 8.44. The van der Waals surface area contributed by atoms with Crippen molar-refractivity contribution in [2.45, 2.75) is 17.3 Å². The number of hydrogen-bond acceptors (Lipinski definition) is 8. The monoisotopic (exact) mass is 399 g/mol. The molecule has 1 N–H and O–H groups in total. The smallest absolute Gasteiger partial charge is 0.237 e. The molecule has 0 spiro atoms. The van der Waals surface area contributed by atoms with Gasteiger partial charge in [-0.1, -0.05) is 11.8 Å². The number of nitrogens with one attached hydrogen (secondary N) is 1. The lowest BCUT2D eigenvalue weighted by atomic mass is 10.2. The van der Waals surface area contributed by atoms with Crippen LogP contribution >= 0.6 is 11.8 Å². The normalized spacial score (nSPS) is 13.2. The van der Waals surface area contributed by atoms with Gasteiger partial charge in [-0.25, -0.2) is 0 Å². The molecular weight excluding hydrogens is 382 g/mol. The lowest BCUT2D eigenvalue weighted by Gasteiger charge is -2.12. The van der Waals surface area contributed by atoms with Gasteiger partial charge in [0.1, 0.15) is 5.75 Å². The average Bonchev–Trinajstić information content (AvgIpc) is 3.37. The topological polar surface area (TPSA) is 100 Å². The van der Waals surface area contributed by atoms with Gasteiger partial charge >= 0.3 is 0 Å². The van der Waals surface area contributed by atoms with Crippen molar-refractivity contribution >= 4 is 23.4 Å². The number of anilines is 1. The Morgan fingerprint density at radius 1 is 1.21 bits per heavy atom. The molecule has 0 radical (unpaired) electrons. The first-order chi connectivity index (χ1) is 13.6. The molecule has 1 unspecified atom stereocenters. The van der Waals surface area contributed by atoms with Gasteiger partial charge in [0.15, 0.2) is 11.5 Å². The van der Waals surface area contributed by atoms with Crippen LogP contribution in [0, 0.1) is 0 Å². The minimum Gasteiger partial charge on any atom is -0.497 e. The van der Waals surface area contributed by atoms with Crippen LogP contribution < -0.4 is 19.5 Å². The lowest BCUT2D eigenvalue weighted by Crippen LogP contribution is -2.22. The van der Waals surface area contributed by atoms with Crippen LogP contribution in [-0.4, -0.2) is 45.3 Å². The highest BCUT2D eigenvalue weighted by atomic mass is 32.2. The molecule has 1 aliphatic rings. The number of tetrazole rings is 1. The Morgan fingerprint density at radius 2 is 2.00 bits per heavy atom. The van der Waals surface area contributed by atoms with Gasteiger partial charge in [0.2, 0.25) is 17.9 Å². The zero-order valence-corrected chi connectivity index (χ0v) is 16.0. The highest BCUT2D eigenvalue weighted by Gasteiger charge is 2.21. The van der Waals surface area contributed by atoms with E-state index >= 15 is 0 Å². The highest BCUT2D eigenvalue weighted by Crippen LogP contribution is 2.34. The Balaban J connectivity index is 1.44. The maximum absolute atomic E-state index is 12.6. The number of amides is 1. The number of aromatic nitrogens is 4. The van der Waals surface area contributed by atoms with Crippen LogP contribution in [0.15, 0.2) is 47.6 Å². The van der Waals surface area contributed by atoms with Crippen molar-refractivity contribution < 1.29 is 19.0 Å². The van der Waals surface area contributed by atoms with Crippen molar-refractivity contribution in [3.05, 3.63) is 42.5 Å². The van der Waals surface area contributed by atoms with E-state index in [2.05, 4.69) is 20.8 Å². The van der Waals surface area contributed by atoms with Crippen LogP contribution in [0.5, 0.6) is 17.2 Å². The number of nitrogens with zero attached hydrogens (tertiary/aromatic N) is 4. The van der Waals surface area contributed by atoms with Crippen molar-refractivity contribution in [3.63, 3.8) is 0 Å². The number of rotatable bonds is 6. The quantitative estimate of drug-likeness (QED) is 0.631. The molecule has 0 aliphatic carbocycles. The molecule has 28 heavy (non-hydrogen) atoms. The van der Waals surface area contributed by atoms with E-state index in [0.717, 1.165) is 11.4 Å². The largest absolute Gasteiger partial charge is 0.497 e. The second-order valence-corrected chi connectivity index (χ2v) is 7.20. The molecule has 10 heteroatoms. The molecule has 144 valence electrons. The second kappa shape index (κ2) is 7.77. The summed E-state index contributed by atoms with van der Waals surface area (Å²) in [5, 5.41) is 14.7. The van der Waals surface area contributed by atoms with Crippen LogP contribution in [0.4, 0.5) is 5.69 Å². The van der Waals surface area contributed by atoms with Gasteiger partial charge in [0.05, 0.1) is 18.0 Å². The Kier molecular flexibility index (Phi) is 5.02. The number of carbonyl (C=O) groups is 1. The average molecular weight is 399 g/mol. The van der Waals surface area contributed by atoms with Gasteiger partial charge in [-0.2, -0.15) is 4.68 Å². The zero-order chi connectivity index (χ0) is 19.5. The summed E-state index contributed by atoms with van der Waals surface area (Å²) in [4.78, 5) is 12.6. The number of ether oxygens (including phenoxy) is 3. The van der Waals surface area contributed by atoms with Crippen molar-refractivity contribution in [1.82, 2.24) is 20.2 Å². The second-order valence-electron chi connectivity index (χ2n) is 5.89. The van der Waals surface area contributed by atoms with Crippen molar-refractivity contribution in [3.8, 4) is 22.9 Å². The van der Waals surface area contributed by atoms with Gasteiger partial charge < -0.3 is 19.5 Å². The van der Waals surface area contributed by atoms with Crippen molar-refractivity contribution in [1.29, 1.82) is 0 Å². The fourth-order valence-corrected chi connectivity index (χ4v) is 3.38. The molecule has 0 fully saturated rings. The summed E-state index contributed by atoms with van der Waals surface area (Å²) < 4.78 is 17.3. The van der Waals surface area contributed by atoms with E-state index in [1.54, 1.807) is 36.9 Å². The van der Waals surface area contributed by atoms with E-state index in [1.807, 2.05) is 24.3 Å². The van der Waals surface area contributed by atoms with Gasteiger partial charge in [-0.3, -0.25) is 4.79 Å². The third kappa shape index (κ3) is 3.72. The maximum atomic E-state index is 12.6. The molecule has 1 atom stereocenters. The highest BCUT2D eigenvalue weighted by molar-refractivity contribution is 8.00. The minimum absolute atomic E-state index is 0.173. The number of fused-ring (bicyclic) bond motifs is 1. The first kappa shape index (κ1) is 18.1. The van der Waals surface area contributed by atoms with Crippen molar-refractivity contribution in [2.24, 2.45) is 0 Å². The zero-order valence-electron chi connectivity index (χ0n) is 15.2. The van der Waals surface area contributed by atoms with E-state index in [1.165, 1.54) is 11.8 Å². The fourth-order valence-electron chi connectivity index (χ4n) is 2.57. The number of thioether (sulfide) groups is 1. The molecule has 0 saturated heterocycles. The summed E-state index contributed by atoms with van der Waals surface area (Å²) in [6, 6.07) is 12.6. The van der Waals surface area contributed by atoms with Gasteiger partial charge in [0.25, 0.3) is 0 Å². The molecule has 1 aliphatic heterocycles. The third-order valence-electron chi connectivity index (χ3n) is 4.05. The molecule has 0 bridgehead atoms. The van der Waals surface area contributed by atoms with Crippen LogP contribution in [0.25, 0.3) is 5.69 Å². The Bertz CT molecular complexity index is 992. The SMILES string of the molecule is COc1ccc(-n2nnnc2SC(C)C(=O)Nc2ccc3c(c2)OCO3)cc1. The summed E-state index contributed by atoms with van der Waals surface area (Å²) in [5.41, 5.74) is 1.41. The van der Waals surface area contributed by atoms with Crippen LogP contribution in [0.1, 0.15) is 6.92 Å². The summed E-state index contributed by atoms with van der Waals surface area (Å²) in [6.45, 7) is 1.98. The van der Waals surface area contributed by atoms with E-state index in [-0.39, 0.29) is 12.7 Å². The maximum Gasteiger partial charge on any atom is 0.237 e. The van der Waals surface area contributed by atoms with Crippen LogP contribution in [0.2, 0.25) is 0 Å². The number of carbonyl (C=O) groups excluding carboxylic acids is 1. The van der Waals surface area contributed by atoms with Crippen molar-refractivity contribution in [2.75, 3.05) is 19.2 Å². The van der Waals surface area contributed by atoms with Crippen LogP contribution in [-0.2, 0) is 4.79 Å². The lowest BCUT2D eigenvalue weighted by molar-refractivity contribution is -0.115. The molecule has 1 amide bonds. The van der Waals surface area contributed by atoms with Gasteiger partial charge in [-0.05, 0) is 53.7 Å². The molecule has 2 aromatic carbocycles. The molecule has 4 rings (SSSR count). The predicted octanol–water partition coefficient (Wildman–Crippen LogP) is 2.52. The molecule has 0 saturated carbocycles. The molecule has 2 heterocycles. The molecule has 1 aromatic heterocycles.